The fraction of sp³-hybridized carbons (Fsp3) is 0. The third-order valence-electron chi connectivity index (χ3n) is 2.22. The summed E-state index contributed by atoms with van der Waals surface area (Å²) in [4.78, 5) is 0. The van der Waals surface area contributed by atoms with Crippen molar-refractivity contribution >= 4 is 31.2 Å². The van der Waals surface area contributed by atoms with Crippen molar-refractivity contribution in [2.75, 3.05) is 0 Å². The molecule has 0 unspecified atom stereocenters. The summed E-state index contributed by atoms with van der Waals surface area (Å²) in [6.45, 7) is 0. The predicted molar refractivity (Wildman–Crippen MR) is 66.5 cm³/mol. The molecule has 0 fully saturated rings. The first-order valence-electron chi connectivity index (χ1n) is 4.56. The molecule has 2 aromatic rings. The maximum absolute atomic E-state index is 8.55. The first-order valence-corrected chi connectivity index (χ1v) is 5.35. The molecule has 72 valence electrons. The zero-order valence-electron chi connectivity index (χ0n) is 7.94. The second-order valence-electron chi connectivity index (χ2n) is 3.18. The summed E-state index contributed by atoms with van der Waals surface area (Å²) in [5.41, 5.74) is 1.02. The minimum absolute atomic E-state index is 0.816. The quantitative estimate of drug-likeness (QED) is 0.706. The summed E-state index contributed by atoms with van der Waals surface area (Å²) < 4.78 is 0.816. The molecule has 0 aliphatic rings. The summed E-state index contributed by atoms with van der Waals surface area (Å²) in [6, 6.07) is 16.3. The van der Waals surface area contributed by atoms with Crippen LogP contribution in [0, 0.1) is 11.3 Å². The van der Waals surface area contributed by atoms with E-state index in [4.69, 9.17) is 5.26 Å². The molecule has 2 rings (SSSR count). The molecular weight excluding hydrogens is 250 g/mol. The first kappa shape index (κ1) is 9.95. The number of allylic oxidation sites excluding steroid dienone is 1. The van der Waals surface area contributed by atoms with E-state index in [9.17, 15) is 0 Å². The molecule has 0 bridgehead atoms. The summed E-state index contributed by atoms with van der Waals surface area (Å²) >= 11 is 3.37. The summed E-state index contributed by atoms with van der Waals surface area (Å²) in [6.07, 6.45) is 1.49. The Bertz CT molecular complexity index is 564. The lowest BCUT2D eigenvalue weighted by Crippen LogP contribution is -1.78. The lowest BCUT2D eigenvalue weighted by atomic mass is 10.1. The van der Waals surface area contributed by atoms with Gasteiger partial charge in [0.25, 0.3) is 0 Å². The van der Waals surface area contributed by atoms with E-state index in [0.717, 1.165) is 10.0 Å². The van der Waals surface area contributed by atoms with Gasteiger partial charge in [-0.3, -0.25) is 0 Å². The number of hydrogen-bond donors (Lipinski definition) is 0. The van der Waals surface area contributed by atoms with E-state index in [0.29, 0.717) is 0 Å². The normalized spacial score (nSPS) is 11.3. The van der Waals surface area contributed by atoms with Gasteiger partial charge in [-0.15, -0.1) is 0 Å². The van der Waals surface area contributed by atoms with Crippen LogP contribution in [0.4, 0.5) is 0 Å². The van der Waals surface area contributed by atoms with Crippen molar-refractivity contribution in [1.29, 1.82) is 5.26 Å². The summed E-state index contributed by atoms with van der Waals surface area (Å²) in [7, 11) is 0. The van der Waals surface area contributed by atoms with Gasteiger partial charge >= 0.3 is 0 Å². The lowest BCUT2D eigenvalue weighted by Gasteiger charge is -2.01. The number of benzene rings is 2. The second kappa shape index (κ2) is 4.29. The van der Waals surface area contributed by atoms with Crippen LogP contribution in [0.1, 0.15) is 5.56 Å². The Morgan fingerprint density at radius 1 is 1.13 bits per heavy atom. The molecule has 0 atom stereocenters. The van der Waals surface area contributed by atoms with E-state index in [-0.39, 0.29) is 0 Å². The van der Waals surface area contributed by atoms with Crippen LogP contribution in [0.15, 0.2) is 48.5 Å². The zero-order valence-corrected chi connectivity index (χ0v) is 9.53. The third-order valence-corrected chi connectivity index (χ3v) is 2.90. The molecule has 1 nitrogen and oxygen atoms in total. The molecule has 15 heavy (non-hydrogen) atoms. The molecule has 0 saturated heterocycles. The Hall–Kier alpha value is -1.59. The highest BCUT2D eigenvalue weighted by Gasteiger charge is 1.98. The highest BCUT2D eigenvalue weighted by Crippen LogP contribution is 2.24. The van der Waals surface area contributed by atoms with Crippen LogP contribution in [0.5, 0.6) is 0 Å². The van der Waals surface area contributed by atoms with Crippen LogP contribution in [0.3, 0.4) is 0 Å². The maximum atomic E-state index is 8.55. The highest BCUT2D eigenvalue weighted by molar-refractivity contribution is 9.15. The van der Waals surface area contributed by atoms with Gasteiger partial charge in [0.1, 0.15) is 0 Å². The van der Waals surface area contributed by atoms with Crippen molar-refractivity contribution in [3.05, 3.63) is 54.1 Å². The molecule has 0 radical (unpaired) electrons. The van der Waals surface area contributed by atoms with Gasteiger partial charge in [-0.25, -0.2) is 0 Å². The highest BCUT2D eigenvalue weighted by atomic mass is 79.9. The predicted octanol–water partition coefficient (Wildman–Crippen LogP) is 4.10. The van der Waals surface area contributed by atoms with Crippen LogP contribution in [0.2, 0.25) is 0 Å². The third kappa shape index (κ3) is 2.08. The summed E-state index contributed by atoms with van der Waals surface area (Å²) in [5.74, 6) is 0. The molecule has 0 aliphatic heterocycles. The van der Waals surface area contributed by atoms with Gasteiger partial charge in [0, 0.05) is 10.6 Å². The Balaban J connectivity index is 2.57. The fourth-order valence-electron chi connectivity index (χ4n) is 1.48. The van der Waals surface area contributed by atoms with Crippen LogP contribution in [0.25, 0.3) is 15.3 Å². The van der Waals surface area contributed by atoms with Gasteiger partial charge < -0.3 is 0 Å². The van der Waals surface area contributed by atoms with Gasteiger partial charge in [-0.05, 0) is 38.3 Å². The van der Waals surface area contributed by atoms with Gasteiger partial charge in [0.2, 0.25) is 0 Å². The van der Waals surface area contributed by atoms with Crippen molar-refractivity contribution in [3.8, 4) is 6.07 Å². The SMILES string of the molecule is N#C/C=C(\Br)c1ccc2ccccc2c1. The van der Waals surface area contributed by atoms with Crippen molar-refractivity contribution in [3.63, 3.8) is 0 Å². The Morgan fingerprint density at radius 3 is 2.60 bits per heavy atom. The van der Waals surface area contributed by atoms with Crippen LogP contribution in [-0.2, 0) is 0 Å². The molecule has 0 spiro atoms. The Morgan fingerprint density at radius 2 is 1.87 bits per heavy atom. The van der Waals surface area contributed by atoms with E-state index < -0.39 is 0 Å². The average molecular weight is 258 g/mol. The van der Waals surface area contributed by atoms with Crippen LogP contribution < -0.4 is 0 Å². The smallest absolute Gasteiger partial charge is 0.0924 e. The van der Waals surface area contributed by atoms with E-state index in [1.54, 1.807) is 0 Å². The van der Waals surface area contributed by atoms with Crippen molar-refractivity contribution < 1.29 is 0 Å². The van der Waals surface area contributed by atoms with Crippen molar-refractivity contribution in [2.24, 2.45) is 0 Å². The molecule has 0 heterocycles. The fourth-order valence-corrected chi connectivity index (χ4v) is 1.83. The second-order valence-corrected chi connectivity index (χ2v) is 4.04. The molecule has 2 aromatic carbocycles. The number of fused-ring (bicyclic) bond motifs is 1. The van der Waals surface area contributed by atoms with E-state index in [1.165, 1.54) is 16.8 Å². The van der Waals surface area contributed by atoms with Crippen molar-refractivity contribution in [1.82, 2.24) is 0 Å². The van der Waals surface area contributed by atoms with Gasteiger partial charge in [0.05, 0.1) is 6.07 Å². The molecule has 0 aromatic heterocycles. The minimum atomic E-state index is 0.816. The topological polar surface area (TPSA) is 23.8 Å². The Kier molecular flexibility index (Phi) is 2.84. The number of nitriles is 1. The van der Waals surface area contributed by atoms with Crippen LogP contribution >= 0.6 is 15.9 Å². The monoisotopic (exact) mass is 257 g/mol. The first-order chi connectivity index (χ1) is 7.31. The van der Waals surface area contributed by atoms with Crippen molar-refractivity contribution in [2.45, 2.75) is 0 Å². The number of halogens is 1. The van der Waals surface area contributed by atoms with E-state index in [1.807, 2.05) is 24.3 Å². The number of rotatable bonds is 1. The van der Waals surface area contributed by atoms with Gasteiger partial charge in [-0.2, -0.15) is 5.26 Å². The maximum Gasteiger partial charge on any atom is 0.0924 e. The Labute approximate surface area is 96.8 Å². The van der Waals surface area contributed by atoms with Gasteiger partial charge in [-0.1, -0.05) is 36.4 Å². The lowest BCUT2D eigenvalue weighted by molar-refractivity contribution is 1.54. The van der Waals surface area contributed by atoms with E-state index >= 15 is 0 Å². The molecule has 0 aliphatic carbocycles. The molecule has 0 saturated carbocycles. The van der Waals surface area contributed by atoms with E-state index in [2.05, 4.69) is 40.2 Å². The molecule has 0 amide bonds. The largest absolute Gasteiger partial charge is 0.193 e. The standard InChI is InChI=1S/C13H8BrN/c14-13(7-8-15)12-6-5-10-3-1-2-4-11(10)9-12/h1-7,9H/b13-7-. The molecule has 0 N–H and O–H groups in total. The molecular formula is C13H8BrN. The minimum Gasteiger partial charge on any atom is -0.193 e. The van der Waals surface area contributed by atoms with Gasteiger partial charge in [0.15, 0.2) is 0 Å². The average Bonchev–Trinajstić information content (AvgIpc) is 2.29. The number of nitrogens with zero attached hydrogens (tertiary/aromatic N) is 1. The summed E-state index contributed by atoms with van der Waals surface area (Å²) in [5, 5.41) is 10.9. The van der Waals surface area contributed by atoms with Crippen LogP contribution in [-0.4, -0.2) is 0 Å². The molecule has 2 heteroatoms. The zero-order chi connectivity index (χ0) is 10.7. The number of hydrogen-bond acceptors (Lipinski definition) is 1.